The van der Waals surface area contributed by atoms with Crippen LogP contribution in [0.4, 0.5) is 11.5 Å². The van der Waals surface area contributed by atoms with E-state index in [4.69, 9.17) is 11.6 Å². The Morgan fingerprint density at radius 3 is 2.78 bits per heavy atom. The first kappa shape index (κ1) is 16.1. The molecule has 1 atom stereocenters. The summed E-state index contributed by atoms with van der Waals surface area (Å²) in [4.78, 5) is 25.7. The van der Waals surface area contributed by atoms with Crippen LogP contribution in [-0.4, -0.2) is 21.6 Å². The standard InChI is InChI=1S/C20H15ClN4O2/c1-11-5-6-16-14(7-11)20(19(27)23-16)9-17(26)24-18-15(20)10-22-25(18)13-4-2-3-12(21)8-13/h2-8,10H,9H2,1H3,(H,23,27)(H,24,26)/t20-/m1/s1. The molecule has 6 nitrogen and oxygen atoms in total. The molecule has 0 bridgehead atoms. The fourth-order valence-electron chi connectivity index (χ4n) is 4.01. The summed E-state index contributed by atoms with van der Waals surface area (Å²) in [6.07, 6.45) is 1.70. The molecule has 2 aliphatic rings. The smallest absolute Gasteiger partial charge is 0.240 e. The first-order valence-electron chi connectivity index (χ1n) is 8.56. The van der Waals surface area contributed by atoms with Gasteiger partial charge in [0.05, 0.1) is 11.9 Å². The summed E-state index contributed by atoms with van der Waals surface area (Å²) in [6.45, 7) is 1.97. The number of aryl methyl sites for hydroxylation is 1. The molecule has 2 N–H and O–H groups in total. The van der Waals surface area contributed by atoms with Crippen LogP contribution in [0.3, 0.4) is 0 Å². The number of carbonyl (C=O) groups is 2. The second kappa shape index (κ2) is 5.44. The summed E-state index contributed by atoms with van der Waals surface area (Å²) >= 11 is 6.11. The van der Waals surface area contributed by atoms with Crippen molar-refractivity contribution in [1.29, 1.82) is 0 Å². The van der Waals surface area contributed by atoms with Crippen molar-refractivity contribution < 1.29 is 9.59 Å². The van der Waals surface area contributed by atoms with Crippen molar-refractivity contribution >= 4 is 34.9 Å². The number of nitrogens with one attached hydrogen (secondary N) is 2. The lowest BCUT2D eigenvalue weighted by Gasteiger charge is -2.31. The molecule has 0 radical (unpaired) electrons. The molecular formula is C20H15ClN4O2. The number of hydrogen-bond donors (Lipinski definition) is 2. The van der Waals surface area contributed by atoms with Gasteiger partial charge in [-0.3, -0.25) is 9.59 Å². The van der Waals surface area contributed by atoms with Crippen molar-refractivity contribution in [2.45, 2.75) is 18.8 Å². The van der Waals surface area contributed by atoms with E-state index in [0.717, 1.165) is 16.8 Å². The molecule has 3 heterocycles. The number of carbonyl (C=O) groups excluding carboxylic acids is 2. The number of amides is 2. The molecule has 2 aliphatic heterocycles. The maximum atomic E-state index is 13.1. The molecule has 2 aromatic carbocycles. The number of halogens is 1. The minimum Gasteiger partial charge on any atom is -0.325 e. The van der Waals surface area contributed by atoms with E-state index in [9.17, 15) is 9.59 Å². The van der Waals surface area contributed by atoms with E-state index in [0.29, 0.717) is 22.1 Å². The van der Waals surface area contributed by atoms with Crippen LogP contribution in [0.15, 0.2) is 48.7 Å². The molecule has 7 heteroatoms. The Morgan fingerprint density at radius 1 is 1.11 bits per heavy atom. The number of nitrogens with zero attached hydrogens (tertiary/aromatic N) is 2. The van der Waals surface area contributed by atoms with E-state index in [1.54, 1.807) is 23.0 Å². The second-order valence-electron chi connectivity index (χ2n) is 6.93. The van der Waals surface area contributed by atoms with Gasteiger partial charge >= 0.3 is 0 Å². The van der Waals surface area contributed by atoms with E-state index in [1.807, 2.05) is 37.3 Å². The predicted octanol–water partition coefficient (Wildman–Crippen LogP) is 3.41. The Hall–Kier alpha value is -3.12. The molecule has 0 aliphatic carbocycles. The molecule has 3 aromatic rings. The highest BCUT2D eigenvalue weighted by molar-refractivity contribution is 6.30. The number of rotatable bonds is 1. The molecule has 1 aromatic heterocycles. The second-order valence-corrected chi connectivity index (χ2v) is 7.37. The summed E-state index contributed by atoms with van der Waals surface area (Å²) in [5.41, 5.74) is 2.90. The van der Waals surface area contributed by atoms with Crippen LogP contribution in [0, 0.1) is 6.92 Å². The third kappa shape index (κ3) is 2.16. The summed E-state index contributed by atoms with van der Waals surface area (Å²) in [6, 6.07) is 13.0. The van der Waals surface area contributed by atoms with E-state index < -0.39 is 5.41 Å². The average molecular weight is 379 g/mol. The zero-order valence-corrected chi connectivity index (χ0v) is 15.2. The Bertz CT molecular complexity index is 1140. The molecule has 0 saturated heterocycles. The lowest BCUT2D eigenvalue weighted by atomic mass is 9.71. The normalized spacial score (nSPS) is 20.2. The van der Waals surface area contributed by atoms with Crippen LogP contribution in [0.1, 0.15) is 23.1 Å². The minimum absolute atomic E-state index is 0.0452. The van der Waals surface area contributed by atoms with Crippen LogP contribution < -0.4 is 10.6 Å². The van der Waals surface area contributed by atoms with Gasteiger partial charge in [0.25, 0.3) is 0 Å². The molecule has 1 spiro atoms. The number of anilines is 2. The van der Waals surface area contributed by atoms with Crippen LogP contribution >= 0.6 is 11.6 Å². The largest absolute Gasteiger partial charge is 0.325 e. The molecule has 0 unspecified atom stereocenters. The Morgan fingerprint density at radius 2 is 1.96 bits per heavy atom. The van der Waals surface area contributed by atoms with Gasteiger partial charge in [-0.1, -0.05) is 35.4 Å². The Balaban J connectivity index is 1.77. The van der Waals surface area contributed by atoms with Crippen molar-refractivity contribution in [2.75, 3.05) is 10.6 Å². The highest BCUT2D eigenvalue weighted by Crippen LogP contribution is 2.50. The van der Waals surface area contributed by atoms with Crippen molar-refractivity contribution in [3.05, 3.63) is 70.4 Å². The SMILES string of the molecule is Cc1ccc2c(c1)[C@@]1(CC(=O)Nc3c1cnn3-c1cccc(Cl)c1)C(=O)N2. The van der Waals surface area contributed by atoms with Crippen molar-refractivity contribution in [2.24, 2.45) is 0 Å². The van der Waals surface area contributed by atoms with E-state index >= 15 is 0 Å². The molecule has 0 fully saturated rings. The highest BCUT2D eigenvalue weighted by Gasteiger charge is 2.54. The van der Waals surface area contributed by atoms with E-state index in [2.05, 4.69) is 15.7 Å². The maximum Gasteiger partial charge on any atom is 0.240 e. The van der Waals surface area contributed by atoms with Crippen LogP contribution in [0.2, 0.25) is 5.02 Å². The number of aromatic nitrogens is 2. The number of benzene rings is 2. The monoisotopic (exact) mass is 378 g/mol. The Kier molecular flexibility index (Phi) is 3.24. The lowest BCUT2D eigenvalue weighted by molar-refractivity contribution is -0.125. The van der Waals surface area contributed by atoms with Gasteiger partial charge in [0.2, 0.25) is 11.8 Å². The lowest BCUT2D eigenvalue weighted by Crippen LogP contribution is -2.43. The summed E-state index contributed by atoms with van der Waals surface area (Å²) in [5, 5.41) is 10.8. The van der Waals surface area contributed by atoms with Gasteiger partial charge in [-0.25, -0.2) is 4.68 Å². The molecule has 2 amide bonds. The number of hydrogen-bond acceptors (Lipinski definition) is 3. The zero-order valence-electron chi connectivity index (χ0n) is 14.4. The van der Waals surface area contributed by atoms with Gasteiger partial charge in [-0.2, -0.15) is 5.10 Å². The quantitative estimate of drug-likeness (QED) is 0.681. The van der Waals surface area contributed by atoms with Crippen LogP contribution in [0.5, 0.6) is 0 Å². The van der Waals surface area contributed by atoms with Crippen LogP contribution in [-0.2, 0) is 15.0 Å². The average Bonchev–Trinajstić information content (AvgIpc) is 3.16. The first-order chi connectivity index (χ1) is 13.0. The summed E-state index contributed by atoms with van der Waals surface area (Å²) < 4.78 is 1.61. The third-order valence-corrected chi connectivity index (χ3v) is 5.47. The maximum absolute atomic E-state index is 13.1. The third-order valence-electron chi connectivity index (χ3n) is 5.24. The molecule has 5 rings (SSSR count). The highest BCUT2D eigenvalue weighted by atomic mass is 35.5. The van der Waals surface area contributed by atoms with Gasteiger partial charge < -0.3 is 10.6 Å². The molecule has 134 valence electrons. The molecule has 0 saturated carbocycles. The van der Waals surface area contributed by atoms with Gasteiger partial charge in [-0.15, -0.1) is 0 Å². The summed E-state index contributed by atoms with van der Waals surface area (Å²) in [7, 11) is 0. The van der Waals surface area contributed by atoms with Gasteiger partial charge in [0.1, 0.15) is 11.2 Å². The molecule has 27 heavy (non-hydrogen) atoms. The van der Waals surface area contributed by atoms with Crippen molar-refractivity contribution in [3.8, 4) is 5.69 Å². The predicted molar refractivity (Wildman–Crippen MR) is 102 cm³/mol. The summed E-state index contributed by atoms with van der Waals surface area (Å²) in [5.74, 6) is 0.0682. The number of fused-ring (bicyclic) bond motifs is 4. The van der Waals surface area contributed by atoms with Crippen molar-refractivity contribution in [3.63, 3.8) is 0 Å². The van der Waals surface area contributed by atoms with Gasteiger partial charge in [-0.05, 0) is 36.8 Å². The van der Waals surface area contributed by atoms with E-state index in [-0.39, 0.29) is 18.2 Å². The Labute approximate surface area is 160 Å². The fourth-order valence-corrected chi connectivity index (χ4v) is 4.20. The minimum atomic E-state index is -1.07. The van der Waals surface area contributed by atoms with E-state index in [1.165, 1.54) is 0 Å². The van der Waals surface area contributed by atoms with Gasteiger partial charge in [0.15, 0.2) is 0 Å². The topological polar surface area (TPSA) is 76.0 Å². The fraction of sp³-hybridized carbons (Fsp3) is 0.150. The zero-order chi connectivity index (χ0) is 18.8. The van der Waals surface area contributed by atoms with Gasteiger partial charge in [0, 0.05) is 22.7 Å². The van der Waals surface area contributed by atoms with Crippen molar-refractivity contribution in [1.82, 2.24) is 9.78 Å². The van der Waals surface area contributed by atoms with Crippen LogP contribution in [0.25, 0.3) is 5.69 Å². The molecular weight excluding hydrogens is 364 g/mol. The first-order valence-corrected chi connectivity index (χ1v) is 8.94.